The zero-order chi connectivity index (χ0) is 19.6. The summed E-state index contributed by atoms with van der Waals surface area (Å²) in [5.74, 6) is 3.10. The fourth-order valence-corrected chi connectivity index (χ4v) is 5.20. The van der Waals surface area contributed by atoms with Gasteiger partial charge in [0, 0.05) is 18.0 Å². The summed E-state index contributed by atoms with van der Waals surface area (Å²) in [4.78, 5) is 6.28. The second kappa shape index (κ2) is 11.7. The third-order valence-corrected chi connectivity index (χ3v) is 7.17. The van der Waals surface area contributed by atoms with Gasteiger partial charge < -0.3 is 16.4 Å². The van der Waals surface area contributed by atoms with E-state index in [0.717, 1.165) is 37.2 Å². The number of aliphatic imine (C=N–C) groups is 1. The van der Waals surface area contributed by atoms with Crippen LogP contribution in [0.1, 0.15) is 57.8 Å². The summed E-state index contributed by atoms with van der Waals surface area (Å²) in [6.45, 7) is 2.76. The normalized spacial score (nSPS) is 24.1. The Labute approximate surface area is 175 Å². The Kier molecular flexibility index (Phi) is 9.00. The number of benzene rings is 1. The highest BCUT2D eigenvalue weighted by Gasteiger charge is 2.21. The SMILES string of the molecule is CSc1ccccc1NC(=NCC1CCCC(CN)C1)NCC1CCCCC1. The van der Waals surface area contributed by atoms with Gasteiger partial charge in [-0.25, -0.2) is 0 Å². The van der Waals surface area contributed by atoms with Crippen LogP contribution in [0.3, 0.4) is 0 Å². The van der Waals surface area contributed by atoms with Crippen molar-refractivity contribution in [2.24, 2.45) is 28.5 Å². The number of nitrogens with zero attached hydrogens (tertiary/aromatic N) is 1. The van der Waals surface area contributed by atoms with Crippen molar-refractivity contribution < 1.29 is 0 Å². The van der Waals surface area contributed by atoms with E-state index in [2.05, 4.69) is 41.2 Å². The molecule has 0 radical (unpaired) electrons. The topological polar surface area (TPSA) is 62.4 Å². The number of hydrogen-bond donors (Lipinski definition) is 3. The van der Waals surface area contributed by atoms with E-state index >= 15 is 0 Å². The van der Waals surface area contributed by atoms with Gasteiger partial charge in [0.05, 0.1) is 5.69 Å². The number of anilines is 1. The van der Waals surface area contributed by atoms with Gasteiger partial charge in [0.2, 0.25) is 0 Å². The monoisotopic (exact) mass is 402 g/mol. The number of guanidine groups is 1. The first kappa shape index (κ1) is 21.5. The minimum atomic E-state index is 0.673. The zero-order valence-corrected chi connectivity index (χ0v) is 18.3. The van der Waals surface area contributed by atoms with E-state index in [0.29, 0.717) is 11.8 Å². The molecule has 0 bridgehead atoms. The van der Waals surface area contributed by atoms with Gasteiger partial charge in [0.25, 0.3) is 0 Å². The maximum atomic E-state index is 5.92. The van der Waals surface area contributed by atoms with Crippen molar-refractivity contribution in [3.63, 3.8) is 0 Å². The number of thioether (sulfide) groups is 1. The van der Waals surface area contributed by atoms with Crippen LogP contribution in [0, 0.1) is 17.8 Å². The molecule has 0 spiro atoms. The lowest BCUT2D eigenvalue weighted by molar-refractivity contribution is 0.277. The molecule has 2 unspecified atom stereocenters. The third kappa shape index (κ3) is 6.70. The first-order valence-electron chi connectivity index (χ1n) is 11.2. The third-order valence-electron chi connectivity index (χ3n) is 6.38. The van der Waals surface area contributed by atoms with E-state index in [1.165, 1.54) is 62.7 Å². The molecule has 2 aliphatic rings. The fourth-order valence-electron chi connectivity index (χ4n) is 4.65. The van der Waals surface area contributed by atoms with Crippen LogP contribution in [0.2, 0.25) is 0 Å². The summed E-state index contributed by atoms with van der Waals surface area (Å²) in [7, 11) is 0. The average molecular weight is 403 g/mol. The van der Waals surface area contributed by atoms with Gasteiger partial charge in [-0.3, -0.25) is 4.99 Å². The Balaban J connectivity index is 1.64. The lowest BCUT2D eigenvalue weighted by Gasteiger charge is -2.27. The smallest absolute Gasteiger partial charge is 0.195 e. The summed E-state index contributed by atoms with van der Waals surface area (Å²) < 4.78 is 0. The summed E-state index contributed by atoms with van der Waals surface area (Å²) >= 11 is 1.77. The lowest BCUT2D eigenvalue weighted by Crippen LogP contribution is -2.36. The molecule has 2 atom stereocenters. The Morgan fingerprint density at radius 3 is 2.57 bits per heavy atom. The van der Waals surface area contributed by atoms with Crippen molar-refractivity contribution >= 4 is 23.4 Å². The van der Waals surface area contributed by atoms with Crippen molar-refractivity contribution in [2.45, 2.75) is 62.7 Å². The summed E-state index contributed by atoms with van der Waals surface area (Å²) in [6, 6.07) is 8.50. The molecule has 1 aromatic rings. The average Bonchev–Trinajstić information content (AvgIpc) is 2.76. The Hall–Kier alpha value is -1.20. The van der Waals surface area contributed by atoms with Crippen molar-refractivity contribution in [2.75, 3.05) is 31.2 Å². The molecular formula is C23H38N4S. The minimum absolute atomic E-state index is 0.673. The largest absolute Gasteiger partial charge is 0.356 e. The molecule has 1 aromatic carbocycles. The number of para-hydroxylation sites is 1. The molecule has 28 heavy (non-hydrogen) atoms. The van der Waals surface area contributed by atoms with Crippen LogP contribution >= 0.6 is 11.8 Å². The van der Waals surface area contributed by atoms with E-state index in [1.807, 2.05) is 0 Å². The van der Waals surface area contributed by atoms with Gasteiger partial charge in [-0.1, -0.05) is 37.8 Å². The van der Waals surface area contributed by atoms with Crippen LogP contribution in [0.25, 0.3) is 0 Å². The van der Waals surface area contributed by atoms with E-state index < -0.39 is 0 Å². The van der Waals surface area contributed by atoms with Gasteiger partial charge in [-0.05, 0) is 74.8 Å². The van der Waals surface area contributed by atoms with Crippen LogP contribution in [0.15, 0.2) is 34.2 Å². The Bertz CT molecular complexity index is 612. The Morgan fingerprint density at radius 1 is 1.04 bits per heavy atom. The first-order chi connectivity index (χ1) is 13.8. The molecule has 0 amide bonds. The number of nitrogens with one attached hydrogen (secondary N) is 2. The Morgan fingerprint density at radius 2 is 1.79 bits per heavy atom. The van der Waals surface area contributed by atoms with Gasteiger partial charge in [-0.15, -0.1) is 11.8 Å². The number of hydrogen-bond acceptors (Lipinski definition) is 3. The summed E-state index contributed by atoms with van der Waals surface area (Å²) in [5, 5.41) is 7.26. The highest BCUT2D eigenvalue weighted by molar-refractivity contribution is 7.98. The fraction of sp³-hybridized carbons (Fsp3) is 0.696. The summed E-state index contributed by atoms with van der Waals surface area (Å²) in [5.41, 5.74) is 7.07. The molecule has 2 fully saturated rings. The predicted octanol–water partition coefficient (Wildman–Crippen LogP) is 5.11. The van der Waals surface area contributed by atoms with E-state index in [4.69, 9.17) is 10.7 Å². The maximum Gasteiger partial charge on any atom is 0.195 e. The zero-order valence-electron chi connectivity index (χ0n) is 17.5. The van der Waals surface area contributed by atoms with Crippen molar-refractivity contribution in [1.82, 2.24) is 5.32 Å². The molecule has 2 aliphatic carbocycles. The first-order valence-corrected chi connectivity index (χ1v) is 12.4. The van der Waals surface area contributed by atoms with Gasteiger partial charge in [0.15, 0.2) is 5.96 Å². The van der Waals surface area contributed by atoms with E-state index in [9.17, 15) is 0 Å². The second-order valence-corrected chi connectivity index (χ2v) is 9.38. The molecule has 5 heteroatoms. The quantitative estimate of drug-likeness (QED) is 0.337. The molecule has 4 N–H and O–H groups in total. The predicted molar refractivity (Wildman–Crippen MR) is 123 cm³/mol. The molecular weight excluding hydrogens is 364 g/mol. The van der Waals surface area contributed by atoms with Crippen molar-refractivity contribution in [3.05, 3.63) is 24.3 Å². The van der Waals surface area contributed by atoms with Crippen LogP contribution in [-0.2, 0) is 0 Å². The molecule has 156 valence electrons. The second-order valence-electron chi connectivity index (χ2n) is 8.53. The number of rotatable bonds is 7. The van der Waals surface area contributed by atoms with Gasteiger partial charge >= 0.3 is 0 Å². The highest BCUT2D eigenvalue weighted by Crippen LogP contribution is 2.29. The molecule has 0 aromatic heterocycles. The number of nitrogens with two attached hydrogens (primary N) is 1. The van der Waals surface area contributed by atoms with Crippen molar-refractivity contribution in [3.8, 4) is 0 Å². The van der Waals surface area contributed by atoms with Crippen LogP contribution in [0.4, 0.5) is 5.69 Å². The van der Waals surface area contributed by atoms with Gasteiger partial charge in [-0.2, -0.15) is 0 Å². The molecule has 3 rings (SSSR count). The standard InChI is InChI=1S/C23H38N4S/c1-28-22-13-6-5-12-21(22)27-23(25-16-18-8-3-2-4-9-18)26-17-20-11-7-10-19(14-20)15-24/h5-6,12-13,18-20H,2-4,7-11,14-17,24H2,1H3,(H2,25,26,27). The van der Waals surface area contributed by atoms with E-state index in [-0.39, 0.29) is 0 Å². The van der Waals surface area contributed by atoms with E-state index in [1.54, 1.807) is 11.8 Å². The molecule has 4 nitrogen and oxygen atoms in total. The minimum Gasteiger partial charge on any atom is -0.356 e. The maximum absolute atomic E-state index is 5.92. The molecule has 0 saturated heterocycles. The van der Waals surface area contributed by atoms with Crippen LogP contribution < -0.4 is 16.4 Å². The van der Waals surface area contributed by atoms with Crippen LogP contribution in [0.5, 0.6) is 0 Å². The summed E-state index contributed by atoms with van der Waals surface area (Å²) in [6.07, 6.45) is 14.1. The van der Waals surface area contributed by atoms with Crippen molar-refractivity contribution in [1.29, 1.82) is 0 Å². The van der Waals surface area contributed by atoms with Crippen LogP contribution in [-0.4, -0.2) is 31.8 Å². The highest BCUT2D eigenvalue weighted by atomic mass is 32.2. The van der Waals surface area contributed by atoms with Gasteiger partial charge in [0.1, 0.15) is 0 Å². The lowest BCUT2D eigenvalue weighted by atomic mass is 9.81. The molecule has 0 aliphatic heterocycles. The molecule has 2 saturated carbocycles. The molecule has 0 heterocycles.